The van der Waals surface area contributed by atoms with Gasteiger partial charge >= 0.3 is 0 Å². The van der Waals surface area contributed by atoms with Gasteiger partial charge in [0.15, 0.2) is 0 Å². The molecule has 3 amide bonds. The summed E-state index contributed by atoms with van der Waals surface area (Å²) in [4.78, 5) is 38.7. The molecule has 2 aliphatic heterocycles. The molecular formula is C27H37B6N3O3. The molecule has 1 saturated heterocycles. The number of amides is 3. The highest BCUT2D eigenvalue weighted by Gasteiger charge is 2.39. The summed E-state index contributed by atoms with van der Waals surface area (Å²) in [5.41, 5.74) is 11.4. The first-order valence-electron chi connectivity index (χ1n) is 14.7. The van der Waals surface area contributed by atoms with E-state index in [0.717, 1.165) is 12.0 Å². The Morgan fingerprint density at radius 1 is 0.923 bits per heavy atom. The molecule has 6 nitrogen and oxygen atoms in total. The smallest absolute Gasteiger partial charge is 0.255 e. The zero-order chi connectivity index (χ0) is 28.0. The molecule has 2 heterocycles. The van der Waals surface area contributed by atoms with Crippen LogP contribution in [0.25, 0.3) is 0 Å². The third-order valence-electron chi connectivity index (χ3n) is 9.95. The van der Waals surface area contributed by atoms with Crippen LogP contribution in [0.5, 0.6) is 0 Å². The highest BCUT2D eigenvalue weighted by atomic mass is 16.2. The van der Waals surface area contributed by atoms with Gasteiger partial charge in [0.2, 0.25) is 11.8 Å². The van der Waals surface area contributed by atoms with Crippen molar-refractivity contribution in [2.45, 2.75) is 69.5 Å². The SMILES string of the molecule is Bc1c(B)c(B)c(C(B)N[C@H]2CCCC[C@@H]2Cc2ccc3c(c2)CN(C2CCC(=O)NC2=O)C3=O)c(B)c1B. The molecule has 5 rings (SSSR count). The molecule has 2 aromatic rings. The fourth-order valence-corrected chi connectivity index (χ4v) is 7.31. The van der Waals surface area contributed by atoms with Gasteiger partial charge in [-0.15, -0.1) is 16.4 Å². The minimum atomic E-state index is -0.569. The first-order valence-corrected chi connectivity index (χ1v) is 14.7. The maximum atomic E-state index is 13.1. The molecule has 12 heteroatoms. The number of imide groups is 1. The third kappa shape index (κ3) is 5.29. The van der Waals surface area contributed by atoms with Crippen LogP contribution in [0.15, 0.2) is 18.2 Å². The first kappa shape index (κ1) is 27.9. The topological polar surface area (TPSA) is 78.5 Å². The molecule has 0 radical (unpaired) electrons. The van der Waals surface area contributed by atoms with Crippen LogP contribution in [0.2, 0.25) is 0 Å². The Kier molecular flexibility index (Phi) is 7.96. The standard InChI is InChI=1S/C27H37B6N3O3/c28-20-19(21(29)23(31)24(32)22(20)30)25(33)34-16-4-2-1-3-13(16)9-12-5-6-15-14(10-12)11-36(27(15)39)17-7-8-18(37)35-26(17)38/h5-6,10,13,16-17,25,34H,1-4,7-9,11,28-33H2,(H,35,37,38)/t13-,16+,17?,25?/m1/s1. The van der Waals surface area contributed by atoms with Crippen molar-refractivity contribution in [2.24, 2.45) is 5.92 Å². The Balaban J connectivity index is 1.31. The lowest BCUT2D eigenvalue weighted by atomic mass is 9.58. The molecule has 4 atom stereocenters. The minimum absolute atomic E-state index is 0.105. The maximum Gasteiger partial charge on any atom is 0.255 e. The van der Waals surface area contributed by atoms with Crippen LogP contribution in [-0.4, -0.2) is 81.8 Å². The first-order chi connectivity index (χ1) is 18.6. The number of hydrogen-bond acceptors (Lipinski definition) is 4. The quantitative estimate of drug-likeness (QED) is 0.296. The average Bonchev–Trinajstić information content (AvgIpc) is 3.22. The van der Waals surface area contributed by atoms with Gasteiger partial charge in [-0.05, 0) is 54.7 Å². The summed E-state index contributed by atoms with van der Waals surface area (Å²) in [7, 11) is 13.6. The van der Waals surface area contributed by atoms with E-state index < -0.39 is 6.04 Å². The predicted molar refractivity (Wildman–Crippen MR) is 174 cm³/mol. The molecule has 1 saturated carbocycles. The van der Waals surface area contributed by atoms with E-state index in [9.17, 15) is 14.4 Å². The fourth-order valence-electron chi connectivity index (χ4n) is 7.31. The largest absolute Gasteiger partial charge is 0.322 e. The van der Waals surface area contributed by atoms with Crippen LogP contribution >= 0.6 is 0 Å². The maximum absolute atomic E-state index is 13.1. The summed E-state index contributed by atoms with van der Waals surface area (Å²) in [6.07, 6.45) is 6.54. The molecule has 0 spiro atoms. The molecule has 39 heavy (non-hydrogen) atoms. The second-order valence-corrected chi connectivity index (χ2v) is 12.2. The van der Waals surface area contributed by atoms with Crippen LogP contribution in [0.4, 0.5) is 0 Å². The second-order valence-electron chi connectivity index (χ2n) is 12.2. The van der Waals surface area contributed by atoms with E-state index >= 15 is 0 Å². The third-order valence-corrected chi connectivity index (χ3v) is 9.95. The average molecular weight is 516 g/mol. The van der Waals surface area contributed by atoms with Gasteiger partial charge in [-0.25, -0.2) is 0 Å². The van der Waals surface area contributed by atoms with Gasteiger partial charge in [-0.2, -0.15) is 0 Å². The molecule has 2 N–H and O–H groups in total. The monoisotopic (exact) mass is 517 g/mol. The lowest BCUT2D eigenvalue weighted by molar-refractivity contribution is -0.136. The normalized spacial score (nSPS) is 23.9. The van der Waals surface area contributed by atoms with Crippen LogP contribution in [0.1, 0.15) is 71.5 Å². The van der Waals surface area contributed by atoms with Crippen molar-refractivity contribution in [3.63, 3.8) is 0 Å². The number of piperidine rings is 1. The van der Waals surface area contributed by atoms with Gasteiger partial charge in [0.05, 0.1) is 0 Å². The van der Waals surface area contributed by atoms with Crippen molar-refractivity contribution in [2.75, 3.05) is 0 Å². The van der Waals surface area contributed by atoms with Gasteiger partial charge in [0, 0.05) is 24.6 Å². The van der Waals surface area contributed by atoms with E-state index in [1.54, 1.807) is 4.90 Å². The molecule has 0 bridgehead atoms. The number of carbonyl (C=O) groups is 3. The molecule has 2 unspecified atom stereocenters. The second kappa shape index (κ2) is 11.1. The van der Waals surface area contributed by atoms with E-state index in [0.29, 0.717) is 30.5 Å². The Morgan fingerprint density at radius 2 is 1.59 bits per heavy atom. The minimum Gasteiger partial charge on any atom is -0.322 e. The molecule has 1 aliphatic carbocycles. The van der Waals surface area contributed by atoms with Gasteiger partial charge in [0.25, 0.3) is 5.91 Å². The number of fused-ring (bicyclic) bond motifs is 1. The number of benzene rings is 2. The van der Waals surface area contributed by atoms with Gasteiger partial charge in [-0.1, -0.05) is 41.5 Å². The number of nitrogens with zero attached hydrogens (tertiary/aromatic N) is 1. The molecule has 2 aromatic carbocycles. The number of rotatable bonds is 6. The van der Waals surface area contributed by atoms with Crippen molar-refractivity contribution >= 4 is 92.1 Å². The van der Waals surface area contributed by atoms with Crippen molar-refractivity contribution in [3.8, 4) is 0 Å². The summed E-state index contributed by atoms with van der Waals surface area (Å²) in [6.45, 7) is 0.433. The van der Waals surface area contributed by atoms with Crippen molar-refractivity contribution < 1.29 is 14.4 Å². The Hall–Kier alpha value is -2.60. The molecule has 3 aliphatic rings. The summed E-state index contributed by atoms with van der Waals surface area (Å²) >= 11 is 0. The highest BCUT2D eigenvalue weighted by molar-refractivity contribution is 6.67. The van der Waals surface area contributed by atoms with E-state index in [1.807, 2.05) is 6.07 Å². The number of nitrogens with one attached hydrogen (secondary N) is 2. The number of hydrogen-bond donors (Lipinski definition) is 2. The zero-order valence-corrected chi connectivity index (χ0v) is 24.4. The number of carbonyl (C=O) groups excluding carboxylic acids is 3. The molecule has 0 aromatic heterocycles. The lowest BCUT2D eigenvalue weighted by Gasteiger charge is -2.36. The lowest BCUT2D eigenvalue weighted by Crippen LogP contribution is -2.58. The predicted octanol–water partition coefficient (Wildman–Crippen LogP) is -6.24. The Morgan fingerprint density at radius 3 is 2.28 bits per heavy atom. The molecule has 196 valence electrons. The van der Waals surface area contributed by atoms with Gasteiger partial charge in [0.1, 0.15) is 53.1 Å². The summed E-state index contributed by atoms with van der Waals surface area (Å²) in [6, 6.07) is 6.10. The van der Waals surface area contributed by atoms with Crippen LogP contribution in [0, 0.1) is 5.92 Å². The van der Waals surface area contributed by atoms with Crippen LogP contribution in [-0.2, 0) is 22.6 Å². The summed E-state index contributed by atoms with van der Waals surface area (Å²) in [5.74, 6) is 0.101. The van der Waals surface area contributed by atoms with E-state index in [2.05, 4.69) is 69.8 Å². The Bertz CT molecular complexity index is 1320. The fraction of sp³-hybridized carbons (Fsp3) is 0.444. The summed E-state index contributed by atoms with van der Waals surface area (Å²) < 4.78 is 0. The summed E-state index contributed by atoms with van der Waals surface area (Å²) in [5, 5.41) is 6.43. The molecular weight excluding hydrogens is 479 g/mol. The molecule has 2 fully saturated rings. The zero-order valence-electron chi connectivity index (χ0n) is 24.4. The highest BCUT2D eigenvalue weighted by Crippen LogP contribution is 2.32. The van der Waals surface area contributed by atoms with Crippen LogP contribution in [0.3, 0.4) is 0 Å². The van der Waals surface area contributed by atoms with Gasteiger partial charge in [-0.3, -0.25) is 19.7 Å². The van der Waals surface area contributed by atoms with Gasteiger partial charge < -0.3 is 10.2 Å². The van der Waals surface area contributed by atoms with Crippen molar-refractivity contribution in [1.82, 2.24) is 15.5 Å². The van der Waals surface area contributed by atoms with Crippen molar-refractivity contribution in [3.05, 3.63) is 40.5 Å². The Labute approximate surface area is 237 Å². The van der Waals surface area contributed by atoms with Crippen LogP contribution < -0.4 is 37.9 Å². The van der Waals surface area contributed by atoms with E-state index in [-0.39, 0.29) is 30.1 Å². The van der Waals surface area contributed by atoms with Crippen molar-refractivity contribution in [1.29, 1.82) is 0 Å². The van der Waals surface area contributed by atoms with E-state index in [1.165, 1.54) is 64.1 Å². The van der Waals surface area contributed by atoms with E-state index in [4.69, 9.17) is 0 Å².